The molecule has 0 heterocycles. The van der Waals surface area contributed by atoms with Crippen LogP contribution in [0.15, 0.2) is 24.3 Å². The Morgan fingerprint density at radius 1 is 1.07 bits per heavy atom. The number of rotatable bonds is 4. The molecule has 0 spiro atoms. The van der Waals surface area contributed by atoms with Crippen LogP contribution in [0.4, 0.5) is 0 Å². The molecule has 0 amide bonds. The molecule has 78 valence electrons. The van der Waals surface area contributed by atoms with Crippen LogP contribution < -0.4 is 5.73 Å². The Bertz CT molecular complexity index is 282. The van der Waals surface area contributed by atoms with Crippen LogP contribution in [0.1, 0.15) is 30.4 Å². The zero-order valence-corrected chi connectivity index (χ0v) is 8.86. The highest BCUT2D eigenvalue weighted by Crippen LogP contribution is 2.24. The molecule has 0 saturated carbocycles. The molecule has 0 aromatic heterocycles. The molecule has 0 radical (unpaired) electrons. The first-order valence-electron chi connectivity index (χ1n) is 4.60. The van der Waals surface area contributed by atoms with E-state index in [0.717, 1.165) is 11.1 Å². The summed E-state index contributed by atoms with van der Waals surface area (Å²) >= 11 is 0. The lowest BCUT2D eigenvalue weighted by molar-refractivity contribution is -0.106. The molecule has 1 rings (SSSR count). The number of hydrogen-bond acceptors (Lipinski definition) is 3. The highest BCUT2D eigenvalue weighted by Gasteiger charge is 2.14. The second kappa shape index (κ2) is 5.10. The third-order valence-electron chi connectivity index (χ3n) is 2.17. The Morgan fingerprint density at radius 2 is 1.57 bits per heavy atom. The molecule has 1 aromatic rings. The summed E-state index contributed by atoms with van der Waals surface area (Å²) in [5.74, 6) is 0. The quantitative estimate of drug-likeness (QED) is 0.747. The van der Waals surface area contributed by atoms with Crippen LogP contribution in [-0.4, -0.2) is 14.2 Å². The summed E-state index contributed by atoms with van der Waals surface area (Å²) in [4.78, 5) is 0. The number of ether oxygens (including phenoxy) is 2. The summed E-state index contributed by atoms with van der Waals surface area (Å²) in [6, 6.07) is 7.86. The number of hydrogen-bond donors (Lipinski definition) is 1. The van der Waals surface area contributed by atoms with Gasteiger partial charge in [-0.15, -0.1) is 0 Å². The molecule has 0 fully saturated rings. The van der Waals surface area contributed by atoms with Crippen molar-refractivity contribution in [1.29, 1.82) is 0 Å². The topological polar surface area (TPSA) is 44.5 Å². The van der Waals surface area contributed by atoms with Crippen LogP contribution in [0.3, 0.4) is 0 Å². The predicted molar refractivity (Wildman–Crippen MR) is 55.8 cm³/mol. The fourth-order valence-corrected chi connectivity index (χ4v) is 1.49. The van der Waals surface area contributed by atoms with Gasteiger partial charge in [0.1, 0.15) is 0 Å². The van der Waals surface area contributed by atoms with Crippen LogP contribution >= 0.6 is 0 Å². The summed E-state index contributed by atoms with van der Waals surface area (Å²) in [6.45, 7) is 1.95. The largest absolute Gasteiger partial charge is 0.352 e. The smallest absolute Gasteiger partial charge is 0.183 e. The Hall–Kier alpha value is -0.900. The van der Waals surface area contributed by atoms with Crippen molar-refractivity contribution in [3.05, 3.63) is 35.4 Å². The van der Waals surface area contributed by atoms with Crippen LogP contribution in [0.5, 0.6) is 0 Å². The zero-order chi connectivity index (χ0) is 10.6. The summed E-state index contributed by atoms with van der Waals surface area (Å²) in [6.07, 6.45) is -0.336. The molecular formula is C11H17NO2. The van der Waals surface area contributed by atoms with Crippen LogP contribution in [0.25, 0.3) is 0 Å². The lowest BCUT2D eigenvalue weighted by atomic mass is 10.0. The Morgan fingerprint density at radius 3 is 2.00 bits per heavy atom. The first-order chi connectivity index (χ1) is 6.70. The molecule has 0 aliphatic rings. The highest BCUT2D eigenvalue weighted by atomic mass is 16.7. The second-order valence-corrected chi connectivity index (χ2v) is 3.22. The van der Waals surface area contributed by atoms with Gasteiger partial charge < -0.3 is 15.2 Å². The van der Waals surface area contributed by atoms with Crippen LogP contribution in [0, 0.1) is 0 Å². The summed E-state index contributed by atoms with van der Waals surface area (Å²) in [7, 11) is 3.23. The Balaban J connectivity index is 3.05. The van der Waals surface area contributed by atoms with E-state index in [2.05, 4.69) is 0 Å². The van der Waals surface area contributed by atoms with Crippen molar-refractivity contribution in [3.8, 4) is 0 Å². The minimum absolute atomic E-state index is 0.0148. The van der Waals surface area contributed by atoms with Gasteiger partial charge in [0.15, 0.2) is 6.29 Å². The van der Waals surface area contributed by atoms with E-state index in [0.29, 0.717) is 0 Å². The van der Waals surface area contributed by atoms with Crippen LogP contribution in [-0.2, 0) is 9.47 Å². The van der Waals surface area contributed by atoms with E-state index in [1.165, 1.54) is 0 Å². The molecule has 2 N–H and O–H groups in total. The molecular weight excluding hydrogens is 178 g/mol. The van der Waals surface area contributed by atoms with Crippen molar-refractivity contribution in [2.75, 3.05) is 14.2 Å². The maximum atomic E-state index is 5.85. The predicted octanol–water partition coefficient (Wildman–Crippen LogP) is 2.00. The van der Waals surface area contributed by atoms with E-state index >= 15 is 0 Å². The minimum atomic E-state index is -0.336. The van der Waals surface area contributed by atoms with Crippen molar-refractivity contribution in [3.63, 3.8) is 0 Å². The first-order valence-corrected chi connectivity index (χ1v) is 4.60. The summed E-state index contributed by atoms with van der Waals surface area (Å²) in [5, 5.41) is 0. The fourth-order valence-electron chi connectivity index (χ4n) is 1.49. The fraction of sp³-hybridized carbons (Fsp3) is 0.455. The molecule has 14 heavy (non-hydrogen) atoms. The van der Waals surface area contributed by atoms with Crippen LogP contribution in [0.2, 0.25) is 0 Å². The molecule has 3 nitrogen and oxygen atoms in total. The average molecular weight is 195 g/mol. The van der Waals surface area contributed by atoms with E-state index < -0.39 is 0 Å². The molecule has 0 bridgehead atoms. The van der Waals surface area contributed by atoms with Gasteiger partial charge in [0, 0.05) is 25.8 Å². The normalized spacial score (nSPS) is 13.2. The van der Waals surface area contributed by atoms with Gasteiger partial charge in [-0.1, -0.05) is 24.3 Å². The van der Waals surface area contributed by atoms with E-state index in [1.807, 2.05) is 31.2 Å². The van der Waals surface area contributed by atoms with Gasteiger partial charge >= 0.3 is 0 Å². The molecule has 1 unspecified atom stereocenters. The van der Waals surface area contributed by atoms with Gasteiger partial charge in [-0.3, -0.25) is 0 Å². The molecule has 0 aliphatic heterocycles. The molecule has 1 aromatic carbocycles. The monoisotopic (exact) mass is 195 g/mol. The second-order valence-electron chi connectivity index (χ2n) is 3.22. The van der Waals surface area contributed by atoms with E-state index in [1.54, 1.807) is 14.2 Å². The SMILES string of the molecule is COC(OC)c1ccccc1C(C)N. The number of nitrogens with two attached hydrogens (primary N) is 1. The number of benzene rings is 1. The Labute approximate surface area is 84.8 Å². The van der Waals surface area contributed by atoms with E-state index in [-0.39, 0.29) is 12.3 Å². The van der Waals surface area contributed by atoms with E-state index in [9.17, 15) is 0 Å². The summed E-state index contributed by atoms with van der Waals surface area (Å²) < 4.78 is 10.4. The van der Waals surface area contributed by atoms with E-state index in [4.69, 9.17) is 15.2 Å². The molecule has 0 saturated heterocycles. The zero-order valence-electron chi connectivity index (χ0n) is 8.86. The van der Waals surface area contributed by atoms with Gasteiger partial charge in [0.25, 0.3) is 0 Å². The molecule has 0 aliphatic carbocycles. The van der Waals surface area contributed by atoms with Gasteiger partial charge in [0.2, 0.25) is 0 Å². The third-order valence-corrected chi connectivity index (χ3v) is 2.17. The van der Waals surface area contributed by atoms with Gasteiger partial charge in [-0.25, -0.2) is 0 Å². The minimum Gasteiger partial charge on any atom is -0.352 e. The average Bonchev–Trinajstić information content (AvgIpc) is 2.20. The van der Waals surface area contributed by atoms with Crippen molar-refractivity contribution >= 4 is 0 Å². The van der Waals surface area contributed by atoms with Crippen molar-refractivity contribution in [2.24, 2.45) is 5.73 Å². The number of methoxy groups -OCH3 is 2. The van der Waals surface area contributed by atoms with Gasteiger partial charge in [-0.05, 0) is 12.5 Å². The molecule has 3 heteroatoms. The third kappa shape index (κ3) is 2.32. The standard InChI is InChI=1S/C11H17NO2/c1-8(12)9-6-4-5-7-10(9)11(13-2)14-3/h4-8,11H,12H2,1-3H3. The lowest BCUT2D eigenvalue weighted by Gasteiger charge is -2.19. The molecule has 1 atom stereocenters. The maximum Gasteiger partial charge on any atom is 0.183 e. The first kappa shape index (κ1) is 11.2. The van der Waals surface area contributed by atoms with Crippen molar-refractivity contribution in [1.82, 2.24) is 0 Å². The maximum absolute atomic E-state index is 5.85. The van der Waals surface area contributed by atoms with Crippen molar-refractivity contribution < 1.29 is 9.47 Å². The Kier molecular flexibility index (Phi) is 4.07. The lowest BCUT2D eigenvalue weighted by Crippen LogP contribution is -2.13. The van der Waals surface area contributed by atoms with Crippen molar-refractivity contribution in [2.45, 2.75) is 19.3 Å². The summed E-state index contributed by atoms with van der Waals surface area (Å²) in [5.41, 5.74) is 7.90. The van der Waals surface area contributed by atoms with Gasteiger partial charge in [0.05, 0.1) is 0 Å². The highest BCUT2D eigenvalue weighted by molar-refractivity contribution is 5.30. The van der Waals surface area contributed by atoms with Gasteiger partial charge in [-0.2, -0.15) is 0 Å².